The maximum absolute atomic E-state index is 13.0. The lowest BCUT2D eigenvalue weighted by molar-refractivity contribution is 0.0734. The van der Waals surface area contributed by atoms with E-state index in [1.807, 2.05) is 0 Å². The van der Waals surface area contributed by atoms with Crippen molar-refractivity contribution in [3.05, 3.63) is 101 Å². The van der Waals surface area contributed by atoms with Gasteiger partial charge in [0.25, 0.3) is 0 Å². The minimum Gasteiger partial charge on any atom is -0.452 e. The van der Waals surface area contributed by atoms with E-state index in [1.165, 1.54) is 24.3 Å². The van der Waals surface area contributed by atoms with E-state index in [-0.39, 0.29) is 23.1 Å². The number of ether oxygens (including phenoxy) is 2. The molecule has 0 saturated carbocycles. The zero-order valence-corrected chi connectivity index (χ0v) is 14.0. The van der Waals surface area contributed by atoms with E-state index in [1.54, 1.807) is 54.6 Å². The van der Waals surface area contributed by atoms with Crippen LogP contribution in [0.15, 0.2) is 78.6 Å². The molecule has 0 bridgehead atoms. The van der Waals surface area contributed by atoms with E-state index in [4.69, 9.17) is 9.47 Å². The number of benzene rings is 3. The molecule has 0 fully saturated rings. The third-order valence-electron chi connectivity index (χ3n) is 4.03. The second-order valence-corrected chi connectivity index (χ2v) is 5.90. The average molecular weight is 360 g/mol. The van der Waals surface area contributed by atoms with Crippen molar-refractivity contribution in [3.8, 4) is 11.5 Å². The van der Waals surface area contributed by atoms with Gasteiger partial charge in [-0.25, -0.2) is 9.18 Å². The standard InChI is InChI=1S/C22H13FO4/c23-16-8-6-14(7-9-16)12-20-21(24)18-11-10-17(13-19(18)27-20)26-22(25)15-4-2-1-3-5-15/h1-13H. The number of carbonyl (C=O) groups is 2. The second kappa shape index (κ2) is 6.88. The molecule has 0 aromatic heterocycles. The molecule has 3 aromatic rings. The monoisotopic (exact) mass is 360 g/mol. The highest BCUT2D eigenvalue weighted by Gasteiger charge is 2.28. The number of ketones is 1. The SMILES string of the molecule is O=C(Oc1ccc2c(c1)OC(=Cc1ccc(F)cc1)C2=O)c1ccccc1. The first-order valence-electron chi connectivity index (χ1n) is 8.21. The fraction of sp³-hybridized carbons (Fsp3) is 0. The molecule has 0 atom stereocenters. The van der Waals surface area contributed by atoms with E-state index < -0.39 is 5.97 Å². The zero-order valence-electron chi connectivity index (χ0n) is 14.0. The first kappa shape index (κ1) is 16.7. The first-order chi connectivity index (χ1) is 13.1. The number of esters is 1. The van der Waals surface area contributed by atoms with E-state index in [0.29, 0.717) is 22.4 Å². The largest absolute Gasteiger partial charge is 0.452 e. The molecule has 27 heavy (non-hydrogen) atoms. The summed E-state index contributed by atoms with van der Waals surface area (Å²) in [5.74, 6) is -0.422. The first-order valence-corrected chi connectivity index (χ1v) is 8.21. The van der Waals surface area contributed by atoms with Gasteiger partial charge in [-0.2, -0.15) is 0 Å². The van der Waals surface area contributed by atoms with Crippen LogP contribution in [-0.2, 0) is 0 Å². The molecule has 1 heterocycles. The van der Waals surface area contributed by atoms with Gasteiger partial charge in [-0.3, -0.25) is 4.79 Å². The predicted molar refractivity (Wildman–Crippen MR) is 97.2 cm³/mol. The van der Waals surface area contributed by atoms with Gasteiger partial charge in [0.2, 0.25) is 5.78 Å². The molecule has 3 aromatic carbocycles. The van der Waals surface area contributed by atoms with Crippen LogP contribution in [0.25, 0.3) is 6.08 Å². The Labute approximate surface area is 154 Å². The van der Waals surface area contributed by atoms with Gasteiger partial charge < -0.3 is 9.47 Å². The van der Waals surface area contributed by atoms with Gasteiger partial charge in [-0.1, -0.05) is 30.3 Å². The number of Topliss-reactive ketones (excluding diaryl/α,β-unsaturated/α-hetero) is 1. The molecular weight excluding hydrogens is 347 g/mol. The van der Waals surface area contributed by atoms with Gasteiger partial charge in [0.05, 0.1) is 11.1 Å². The quantitative estimate of drug-likeness (QED) is 0.387. The van der Waals surface area contributed by atoms with Crippen molar-refractivity contribution >= 4 is 17.8 Å². The lowest BCUT2D eigenvalue weighted by atomic mass is 10.1. The number of allylic oxidation sites excluding steroid dienone is 1. The minimum absolute atomic E-state index is 0.128. The van der Waals surface area contributed by atoms with E-state index in [0.717, 1.165) is 0 Å². The second-order valence-electron chi connectivity index (χ2n) is 5.90. The Balaban J connectivity index is 1.55. The minimum atomic E-state index is -0.498. The van der Waals surface area contributed by atoms with Crippen LogP contribution in [0.2, 0.25) is 0 Å². The summed E-state index contributed by atoms with van der Waals surface area (Å²) in [6.45, 7) is 0. The normalized spacial score (nSPS) is 14.0. The molecule has 4 rings (SSSR count). The molecule has 0 aliphatic carbocycles. The van der Waals surface area contributed by atoms with Gasteiger partial charge in [0.1, 0.15) is 17.3 Å². The molecule has 4 nitrogen and oxygen atoms in total. The summed E-state index contributed by atoms with van der Waals surface area (Å²) >= 11 is 0. The predicted octanol–water partition coefficient (Wildman–Crippen LogP) is 4.66. The Bertz CT molecular complexity index is 1050. The van der Waals surface area contributed by atoms with Gasteiger partial charge in [0.15, 0.2) is 5.76 Å². The number of hydrogen-bond donors (Lipinski definition) is 0. The highest BCUT2D eigenvalue weighted by Crippen LogP contribution is 2.35. The fourth-order valence-electron chi connectivity index (χ4n) is 2.68. The molecule has 0 N–H and O–H groups in total. The summed E-state index contributed by atoms with van der Waals surface area (Å²) in [6.07, 6.45) is 1.54. The number of fused-ring (bicyclic) bond motifs is 1. The van der Waals surface area contributed by atoms with Crippen molar-refractivity contribution in [1.29, 1.82) is 0 Å². The maximum Gasteiger partial charge on any atom is 0.343 e. The van der Waals surface area contributed by atoms with Crippen LogP contribution in [0, 0.1) is 5.82 Å². The number of rotatable bonds is 3. The van der Waals surface area contributed by atoms with Gasteiger partial charge in [-0.05, 0) is 48.0 Å². The van der Waals surface area contributed by atoms with E-state index >= 15 is 0 Å². The molecule has 5 heteroatoms. The van der Waals surface area contributed by atoms with Crippen molar-refractivity contribution in [1.82, 2.24) is 0 Å². The lowest BCUT2D eigenvalue weighted by Crippen LogP contribution is -2.08. The molecule has 0 amide bonds. The third kappa shape index (κ3) is 3.48. The van der Waals surface area contributed by atoms with Crippen LogP contribution in [0.5, 0.6) is 11.5 Å². The number of carbonyl (C=O) groups excluding carboxylic acids is 2. The van der Waals surface area contributed by atoms with Gasteiger partial charge >= 0.3 is 5.97 Å². The van der Waals surface area contributed by atoms with Crippen LogP contribution in [0.1, 0.15) is 26.3 Å². The van der Waals surface area contributed by atoms with Crippen molar-refractivity contribution in [3.63, 3.8) is 0 Å². The summed E-state index contributed by atoms with van der Waals surface area (Å²) in [5.41, 5.74) is 1.44. The third-order valence-corrected chi connectivity index (χ3v) is 4.03. The molecular formula is C22H13FO4. The molecule has 132 valence electrons. The maximum atomic E-state index is 13.0. The van der Waals surface area contributed by atoms with Crippen LogP contribution in [0.3, 0.4) is 0 Å². The Hall–Kier alpha value is -3.73. The Morgan fingerprint density at radius 1 is 0.963 bits per heavy atom. The van der Waals surface area contributed by atoms with Crippen LogP contribution in [0.4, 0.5) is 4.39 Å². The Morgan fingerprint density at radius 2 is 1.70 bits per heavy atom. The van der Waals surface area contributed by atoms with Crippen molar-refractivity contribution < 1.29 is 23.5 Å². The summed E-state index contributed by atoms with van der Waals surface area (Å²) in [6, 6.07) is 18.9. The summed E-state index contributed by atoms with van der Waals surface area (Å²) in [5, 5.41) is 0. The topological polar surface area (TPSA) is 52.6 Å². The van der Waals surface area contributed by atoms with E-state index in [9.17, 15) is 14.0 Å². The molecule has 1 aliphatic heterocycles. The molecule has 0 saturated heterocycles. The number of halogens is 1. The highest BCUT2D eigenvalue weighted by atomic mass is 19.1. The molecule has 0 radical (unpaired) electrons. The molecule has 0 unspecified atom stereocenters. The Morgan fingerprint density at radius 3 is 2.44 bits per heavy atom. The summed E-state index contributed by atoms with van der Waals surface area (Å²) in [4.78, 5) is 24.6. The summed E-state index contributed by atoms with van der Waals surface area (Å²) in [7, 11) is 0. The Kier molecular flexibility index (Phi) is 4.26. The van der Waals surface area contributed by atoms with Crippen LogP contribution < -0.4 is 9.47 Å². The van der Waals surface area contributed by atoms with Crippen LogP contribution >= 0.6 is 0 Å². The van der Waals surface area contributed by atoms with Crippen molar-refractivity contribution in [2.45, 2.75) is 0 Å². The summed E-state index contributed by atoms with van der Waals surface area (Å²) < 4.78 is 23.9. The van der Waals surface area contributed by atoms with E-state index in [2.05, 4.69) is 0 Å². The zero-order chi connectivity index (χ0) is 18.8. The molecule has 0 spiro atoms. The lowest BCUT2D eigenvalue weighted by Gasteiger charge is -2.05. The highest BCUT2D eigenvalue weighted by molar-refractivity contribution is 6.14. The number of hydrogen-bond acceptors (Lipinski definition) is 4. The van der Waals surface area contributed by atoms with Gasteiger partial charge in [-0.15, -0.1) is 0 Å². The van der Waals surface area contributed by atoms with Crippen molar-refractivity contribution in [2.24, 2.45) is 0 Å². The van der Waals surface area contributed by atoms with Crippen LogP contribution in [-0.4, -0.2) is 11.8 Å². The smallest absolute Gasteiger partial charge is 0.343 e. The van der Waals surface area contributed by atoms with Crippen molar-refractivity contribution in [2.75, 3.05) is 0 Å². The van der Waals surface area contributed by atoms with Gasteiger partial charge in [0, 0.05) is 6.07 Å². The fourth-order valence-corrected chi connectivity index (χ4v) is 2.68. The molecule has 1 aliphatic rings. The average Bonchev–Trinajstić information content (AvgIpc) is 2.99.